The molecule has 2 aromatic carbocycles. The highest BCUT2D eigenvalue weighted by atomic mass is 16.5. The molecule has 1 aliphatic heterocycles. The van der Waals surface area contributed by atoms with Crippen molar-refractivity contribution in [3.8, 4) is 11.6 Å². The molecule has 10 heteroatoms. The van der Waals surface area contributed by atoms with E-state index in [0.29, 0.717) is 34.3 Å². The predicted octanol–water partition coefficient (Wildman–Crippen LogP) is 3.60. The van der Waals surface area contributed by atoms with Gasteiger partial charge in [-0.1, -0.05) is 0 Å². The summed E-state index contributed by atoms with van der Waals surface area (Å²) in [5.74, 6) is 1.23. The molecular formula is C24H26N8O2. The van der Waals surface area contributed by atoms with Gasteiger partial charge in [0.05, 0.1) is 6.20 Å². The van der Waals surface area contributed by atoms with Crippen LogP contribution in [0.4, 0.5) is 23.0 Å². The predicted molar refractivity (Wildman–Crippen MR) is 132 cm³/mol. The minimum atomic E-state index is -0.128. The largest absolute Gasteiger partial charge is 0.438 e. The maximum Gasteiger partial charge on any atom is 0.235 e. The quantitative estimate of drug-likeness (QED) is 0.402. The van der Waals surface area contributed by atoms with Crippen LogP contribution >= 0.6 is 0 Å². The van der Waals surface area contributed by atoms with E-state index in [9.17, 15) is 4.79 Å². The Morgan fingerprint density at radius 1 is 0.971 bits per heavy atom. The number of nitrogens with zero attached hydrogens (tertiary/aromatic N) is 5. The van der Waals surface area contributed by atoms with Crippen LogP contribution in [-0.4, -0.2) is 64.2 Å². The molecule has 1 aliphatic rings. The Morgan fingerprint density at radius 3 is 2.38 bits per heavy atom. The summed E-state index contributed by atoms with van der Waals surface area (Å²) in [5.41, 5.74) is 3.34. The number of fused-ring (bicyclic) bond motifs is 1. The van der Waals surface area contributed by atoms with Crippen molar-refractivity contribution in [3.63, 3.8) is 0 Å². The highest BCUT2D eigenvalue weighted by Gasteiger charge is 2.15. The number of aromatic nitrogens is 4. The van der Waals surface area contributed by atoms with Gasteiger partial charge in [-0.15, -0.1) is 0 Å². The summed E-state index contributed by atoms with van der Waals surface area (Å²) in [7, 11) is 2.15. The monoisotopic (exact) mass is 458 g/mol. The van der Waals surface area contributed by atoms with Gasteiger partial charge in [-0.3, -0.25) is 9.89 Å². The first kappa shape index (κ1) is 21.7. The molecule has 0 aliphatic carbocycles. The molecule has 1 amide bonds. The van der Waals surface area contributed by atoms with Crippen LogP contribution in [0.3, 0.4) is 0 Å². The molecule has 1 saturated heterocycles. The number of likely N-dealkylation sites (N-methyl/N-ethyl adjacent to an activating group) is 1. The van der Waals surface area contributed by atoms with Crippen LogP contribution in [0.2, 0.25) is 0 Å². The number of aromatic amines is 1. The average Bonchev–Trinajstić information content (AvgIpc) is 3.30. The van der Waals surface area contributed by atoms with E-state index < -0.39 is 0 Å². The number of H-pyrrole nitrogens is 1. The molecule has 174 valence electrons. The van der Waals surface area contributed by atoms with E-state index in [1.165, 1.54) is 12.6 Å². The van der Waals surface area contributed by atoms with Crippen LogP contribution in [0.5, 0.6) is 11.6 Å². The first-order valence-corrected chi connectivity index (χ1v) is 11.1. The zero-order chi connectivity index (χ0) is 23.5. The van der Waals surface area contributed by atoms with E-state index >= 15 is 0 Å². The minimum Gasteiger partial charge on any atom is -0.438 e. The van der Waals surface area contributed by atoms with Gasteiger partial charge in [0.25, 0.3) is 0 Å². The maximum absolute atomic E-state index is 11.2. The molecular weight excluding hydrogens is 432 g/mol. The van der Waals surface area contributed by atoms with Gasteiger partial charge in [-0.05, 0) is 55.6 Å². The van der Waals surface area contributed by atoms with Crippen LogP contribution < -0.4 is 20.3 Å². The summed E-state index contributed by atoms with van der Waals surface area (Å²) in [4.78, 5) is 25.0. The summed E-state index contributed by atoms with van der Waals surface area (Å²) < 4.78 is 6.02. The van der Waals surface area contributed by atoms with Crippen molar-refractivity contribution < 1.29 is 9.53 Å². The zero-order valence-electron chi connectivity index (χ0n) is 19.1. The molecule has 0 saturated carbocycles. The number of carbonyl (C=O) groups is 1. The number of hydrogen-bond acceptors (Lipinski definition) is 8. The molecule has 34 heavy (non-hydrogen) atoms. The van der Waals surface area contributed by atoms with Gasteiger partial charge in [0.2, 0.25) is 17.7 Å². The molecule has 0 spiro atoms. The number of amides is 1. The van der Waals surface area contributed by atoms with Crippen LogP contribution in [0, 0.1) is 0 Å². The number of anilines is 4. The van der Waals surface area contributed by atoms with E-state index in [1.54, 1.807) is 30.5 Å². The Morgan fingerprint density at radius 2 is 1.68 bits per heavy atom. The number of piperazine rings is 1. The van der Waals surface area contributed by atoms with E-state index in [2.05, 4.69) is 59.8 Å². The van der Waals surface area contributed by atoms with Crippen molar-refractivity contribution >= 4 is 40.0 Å². The maximum atomic E-state index is 11.2. The minimum absolute atomic E-state index is 0.128. The number of nitrogens with one attached hydrogen (secondary N) is 3. The van der Waals surface area contributed by atoms with Crippen molar-refractivity contribution in [2.75, 3.05) is 48.8 Å². The lowest BCUT2D eigenvalue weighted by Crippen LogP contribution is -2.44. The molecule has 5 rings (SSSR count). The Balaban J connectivity index is 1.33. The summed E-state index contributed by atoms with van der Waals surface area (Å²) in [6.07, 6.45) is 1.63. The second kappa shape index (κ2) is 9.36. The fourth-order valence-corrected chi connectivity index (χ4v) is 3.81. The first-order valence-electron chi connectivity index (χ1n) is 11.1. The highest BCUT2D eigenvalue weighted by Crippen LogP contribution is 2.29. The molecule has 0 unspecified atom stereocenters. The van der Waals surface area contributed by atoms with Gasteiger partial charge in [0.15, 0.2) is 5.65 Å². The summed E-state index contributed by atoms with van der Waals surface area (Å²) in [6.45, 7) is 5.65. The Bertz CT molecular complexity index is 1280. The van der Waals surface area contributed by atoms with Gasteiger partial charge in [0.1, 0.15) is 11.1 Å². The second-order valence-corrected chi connectivity index (χ2v) is 8.25. The van der Waals surface area contributed by atoms with Crippen molar-refractivity contribution in [3.05, 3.63) is 54.7 Å². The van der Waals surface area contributed by atoms with Gasteiger partial charge in [-0.25, -0.2) is 0 Å². The van der Waals surface area contributed by atoms with E-state index in [-0.39, 0.29) is 5.91 Å². The van der Waals surface area contributed by atoms with Gasteiger partial charge >= 0.3 is 0 Å². The topological polar surface area (TPSA) is 111 Å². The summed E-state index contributed by atoms with van der Waals surface area (Å²) in [5, 5.41) is 13.6. The smallest absolute Gasteiger partial charge is 0.235 e. The average molecular weight is 459 g/mol. The van der Waals surface area contributed by atoms with Crippen molar-refractivity contribution in [2.45, 2.75) is 6.92 Å². The lowest BCUT2D eigenvalue weighted by molar-refractivity contribution is -0.114. The van der Waals surface area contributed by atoms with E-state index in [1.807, 2.05) is 12.1 Å². The fourth-order valence-electron chi connectivity index (χ4n) is 3.81. The standard InChI is InChI=1S/C24H26N8O2/c1-16(33)26-17-5-9-20(10-6-17)34-23-21-15-25-30-22(21)28-24(29-23)27-18-3-7-19(8-4-18)32-13-11-31(2)12-14-32/h3-10,15H,11-14H2,1-2H3,(H,26,33)(H2,25,27,28,29,30). The normalized spacial score (nSPS) is 14.2. The Kier molecular flexibility index (Phi) is 5.96. The fraction of sp³-hybridized carbons (Fsp3) is 0.250. The zero-order valence-corrected chi connectivity index (χ0v) is 19.1. The van der Waals surface area contributed by atoms with E-state index in [0.717, 1.165) is 31.9 Å². The van der Waals surface area contributed by atoms with E-state index in [4.69, 9.17) is 4.74 Å². The van der Waals surface area contributed by atoms with Crippen molar-refractivity contribution in [1.29, 1.82) is 0 Å². The lowest BCUT2D eigenvalue weighted by atomic mass is 10.2. The molecule has 3 heterocycles. The van der Waals surface area contributed by atoms with Crippen LogP contribution in [0.15, 0.2) is 54.7 Å². The molecule has 2 aromatic heterocycles. The van der Waals surface area contributed by atoms with Gasteiger partial charge in [-0.2, -0.15) is 15.1 Å². The Labute approximate surface area is 197 Å². The summed E-state index contributed by atoms with van der Waals surface area (Å²) >= 11 is 0. The third-order valence-electron chi connectivity index (χ3n) is 5.66. The van der Waals surface area contributed by atoms with Crippen molar-refractivity contribution in [2.24, 2.45) is 0 Å². The van der Waals surface area contributed by atoms with Gasteiger partial charge < -0.3 is 25.2 Å². The Hall–Kier alpha value is -4.18. The molecule has 0 radical (unpaired) electrons. The summed E-state index contributed by atoms with van der Waals surface area (Å²) in [6, 6.07) is 15.3. The SMILES string of the molecule is CC(=O)Nc1ccc(Oc2nc(Nc3ccc(N4CCN(C)CC4)cc3)nc3[nH]ncc23)cc1. The number of rotatable bonds is 6. The number of hydrogen-bond donors (Lipinski definition) is 3. The second-order valence-electron chi connectivity index (χ2n) is 8.25. The number of ether oxygens (including phenoxy) is 1. The molecule has 0 atom stereocenters. The first-order chi connectivity index (χ1) is 16.5. The van der Waals surface area contributed by atoms with Gasteiger partial charge in [0, 0.05) is 50.2 Å². The molecule has 10 nitrogen and oxygen atoms in total. The van der Waals surface area contributed by atoms with Crippen LogP contribution in [0.25, 0.3) is 11.0 Å². The molecule has 4 aromatic rings. The lowest BCUT2D eigenvalue weighted by Gasteiger charge is -2.34. The number of carbonyl (C=O) groups excluding carboxylic acids is 1. The molecule has 0 bridgehead atoms. The molecule has 3 N–H and O–H groups in total. The number of benzene rings is 2. The third kappa shape index (κ3) is 4.91. The highest BCUT2D eigenvalue weighted by molar-refractivity contribution is 5.88. The third-order valence-corrected chi connectivity index (χ3v) is 5.66. The van der Waals surface area contributed by atoms with Crippen LogP contribution in [0.1, 0.15) is 6.92 Å². The van der Waals surface area contributed by atoms with Crippen molar-refractivity contribution in [1.82, 2.24) is 25.1 Å². The van der Waals surface area contributed by atoms with Crippen LogP contribution in [-0.2, 0) is 4.79 Å². The molecule has 1 fully saturated rings.